The Morgan fingerprint density at radius 1 is 1.07 bits per heavy atom. The van der Waals surface area contributed by atoms with Gasteiger partial charge in [0.15, 0.2) is 0 Å². The van der Waals surface area contributed by atoms with Gasteiger partial charge in [0.25, 0.3) is 0 Å². The van der Waals surface area contributed by atoms with Crippen LogP contribution in [0, 0.1) is 11.8 Å². The van der Waals surface area contributed by atoms with Crippen LogP contribution in [0.15, 0.2) is 0 Å². The summed E-state index contributed by atoms with van der Waals surface area (Å²) in [6, 6.07) is 2.40. The highest BCUT2D eigenvalue weighted by atomic mass is 15.3. The van der Waals surface area contributed by atoms with Crippen LogP contribution in [0.3, 0.4) is 0 Å². The van der Waals surface area contributed by atoms with Gasteiger partial charge in [-0.1, -0.05) is 0 Å². The first-order valence-corrected chi connectivity index (χ1v) is 6.75. The maximum absolute atomic E-state index is 3.59. The average Bonchev–Trinajstić information content (AvgIpc) is 3.03. The monoisotopic (exact) mass is 208 g/mol. The van der Waals surface area contributed by atoms with E-state index < -0.39 is 0 Å². The highest BCUT2D eigenvalue weighted by molar-refractivity contribution is 5.00. The van der Waals surface area contributed by atoms with Crippen molar-refractivity contribution in [3.8, 4) is 0 Å². The normalized spacial score (nSPS) is 38.6. The molecule has 0 spiro atoms. The van der Waals surface area contributed by atoms with E-state index >= 15 is 0 Å². The van der Waals surface area contributed by atoms with Gasteiger partial charge in [0.2, 0.25) is 0 Å². The number of rotatable bonds is 3. The van der Waals surface area contributed by atoms with E-state index in [4.69, 9.17) is 0 Å². The van der Waals surface area contributed by atoms with E-state index in [0.717, 1.165) is 23.9 Å². The number of piperazine rings is 1. The van der Waals surface area contributed by atoms with Gasteiger partial charge < -0.3 is 5.32 Å². The molecule has 3 fully saturated rings. The van der Waals surface area contributed by atoms with Crippen molar-refractivity contribution >= 4 is 0 Å². The number of hydrogen-bond acceptors (Lipinski definition) is 2. The lowest BCUT2D eigenvalue weighted by atomic mass is 10.00. The molecule has 86 valence electrons. The van der Waals surface area contributed by atoms with E-state index in [1.165, 1.54) is 38.8 Å². The van der Waals surface area contributed by atoms with E-state index in [-0.39, 0.29) is 0 Å². The molecule has 2 atom stereocenters. The van der Waals surface area contributed by atoms with E-state index in [1.807, 2.05) is 0 Å². The second-order valence-electron chi connectivity index (χ2n) is 6.02. The Labute approximate surface area is 93.4 Å². The molecule has 0 aromatic rings. The number of nitrogens with zero attached hydrogens (tertiary/aromatic N) is 1. The first kappa shape index (κ1) is 10.1. The Morgan fingerprint density at radius 2 is 1.67 bits per heavy atom. The summed E-state index contributed by atoms with van der Waals surface area (Å²) in [5.74, 6) is 2.12. The lowest BCUT2D eigenvalue weighted by Gasteiger charge is -2.43. The second kappa shape index (κ2) is 3.74. The third-order valence-electron chi connectivity index (χ3n) is 4.41. The van der Waals surface area contributed by atoms with Gasteiger partial charge >= 0.3 is 0 Å². The van der Waals surface area contributed by atoms with Gasteiger partial charge in [-0.05, 0) is 51.4 Å². The minimum Gasteiger partial charge on any atom is -0.311 e. The summed E-state index contributed by atoms with van der Waals surface area (Å²) < 4.78 is 0. The SMILES string of the molecule is CC1CN(C(C2CC2)C2CC2)C(C)CN1. The Morgan fingerprint density at radius 3 is 2.20 bits per heavy atom. The van der Waals surface area contributed by atoms with Crippen LogP contribution < -0.4 is 5.32 Å². The minimum atomic E-state index is 0.696. The van der Waals surface area contributed by atoms with Crippen LogP contribution in [0.5, 0.6) is 0 Å². The van der Waals surface area contributed by atoms with E-state index in [1.54, 1.807) is 0 Å². The van der Waals surface area contributed by atoms with Crippen molar-refractivity contribution in [1.82, 2.24) is 10.2 Å². The van der Waals surface area contributed by atoms with Gasteiger partial charge in [0.1, 0.15) is 0 Å². The molecule has 1 saturated heterocycles. The molecule has 1 aliphatic heterocycles. The summed E-state index contributed by atoms with van der Waals surface area (Å²) in [5, 5.41) is 3.59. The predicted molar refractivity (Wildman–Crippen MR) is 62.9 cm³/mol. The molecule has 0 amide bonds. The quantitative estimate of drug-likeness (QED) is 0.761. The van der Waals surface area contributed by atoms with Crippen molar-refractivity contribution in [1.29, 1.82) is 0 Å². The maximum Gasteiger partial charge on any atom is 0.0196 e. The molecule has 0 aromatic heterocycles. The summed E-state index contributed by atoms with van der Waals surface area (Å²) in [6.07, 6.45) is 6.02. The van der Waals surface area contributed by atoms with Crippen LogP contribution in [-0.4, -0.2) is 36.1 Å². The fourth-order valence-corrected chi connectivity index (χ4v) is 3.27. The summed E-state index contributed by atoms with van der Waals surface area (Å²) in [5.41, 5.74) is 0. The van der Waals surface area contributed by atoms with Gasteiger partial charge in [0, 0.05) is 31.2 Å². The molecule has 2 aliphatic carbocycles. The molecule has 0 radical (unpaired) electrons. The molecule has 0 bridgehead atoms. The van der Waals surface area contributed by atoms with Crippen LogP contribution in [0.2, 0.25) is 0 Å². The predicted octanol–water partition coefficient (Wildman–Crippen LogP) is 1.86. The molecule has 1 N–H and O–H groups in total. The third-order valence-corrected chi connectivity index (χ3v) is 4.41. The fraction of sp³-hybridized carbons (Fsp3) is 1.00. The summed E-state index contributed by atoms with van der Waals surface area (Å²) >= 11 is 0. The van der Waals surface area contributed by atoms with Crippen LogP contribution in [0.1, 0.15) is 39.5 Å². The summed E-state index contributed by atoms with van der Waals surface area (Å²) in [4.78, 5) is 2.83. The van der Waals surface area contributed by atoms with Crippen molar-refractivity contribution in [2.75, 3.05) is 13.1 Å². The largest absolute Gasteiger partial charge is 0.311 e. The first-order chi connectivity index (χ1) is 7.25. The molecule has 15 heavy (non-hydrogen) atoms. The van der Waals surface area contributed by atoms with Gasteiger partial charge in [-0.25, -0.2) is 0 Å². The number of nitrogens with one attached hydrogen (secondary N) is 1. The Balaban J connectivity index is 1.70. The number of hydrogen-bond donors (Lipinski definition) is 1. The van der Waals surface area contributed by atoms with Gasteiger partial charge in [-0.15, -0.1) is 0 Å². The average molecular weight is 208 g/mol. The lowest BCUT2D eigenvalue weighted by Crippen LogP contribution is -2.58. The lowest BCUT2D eigenvalue weighted by molar-refractivity contribution is 0.0709. The van der Waals surface area contributed by atoms with Crippen molar-refractivity contribution < 1.29 is 0 Å². The van der Waals surface area contributed by atoms with Crippen LogP contribution in [0.4, 0.5) is 0 Å². The molecular formula is C13H24N2. The highest BCUT2D eigenvalue weighted by Crippen LogP contribution is 2.47. The Bertz CT molecular complexity index is 221. The summed E-state index contributed by atoms with van der Waals surface area (Å²) in [6.45, 7) is 7.20. The molecule has 2 saturated carbocycles. The molecular weight excluding hydrogens is 184 g/mol. The van der Waals surface area contributed by atoms with Gasteiger partial charge in [-0.3, -0.25) is 4.90 Å². The van der Waals surface area contributed by atoms with Crippen LogP contribution in [0.25, 0.3) is 0 Å². The van der Waals surface area contributed by atoms with Crippen molar-refractivity contribution in [2.24, 2.45) is 11.8 Å². The van der Waals surface area contributed by atoms with Crippen molar-refractivity contribution in [2.45, 2.75) is 57.7 Å². The zero-order valence-corrected chi connectivity index (χ0v) is 10.1. The topological polar surface area (TPSA) is 15.3 Å². The molecule has 2 heteroatoms. The zero-order chi connectivity index (χ0) is 10.4. The minimum absolute atomic E-state index is 0.696. The molecule has 1 heterocycles. The van der Waals surface area contributed by atoms with E-state index in [0.29, 0.717) is 6.04 Å². The smallest absolute Gasteiger partial charge is 0.0196 e. The first-order valence-electron chi connectivity index (χ1n) is 6.75. The molecule has 0 aromatic carbocycles. The Kier molecular flexibility index (Phi) is 2.52. The van der Waals surface area contributed by atoms with Crippen molar-refractivity contribution in [3.05, 3.63) is 0 Å². The van der Waals surface area contributed by atoms with Crippen LogP contribution >= 0.6 is 0 Å². The maximum atomic E-state index is 3.59. The van der Waals surface area contributed by atoms with Gasteiger partial charge in [-0.2, -0.15) is 0 Å². The fourth-order valence-electron chi connectivity index (χ4n) is 3.27. The van der Waals surface area contributed by atoms with Crippen molar-refractivity contribution in [3.63, 3.8) is 0 Å². The van der Waals surface area contributed by atoms with E-state index in [2.05, 4.69) is 24.1 Å². The molecule has 2 unspecified atom stereocenters. The molecule has 2 nitrogen and oxygen atoms in total. The molecule has 3 aliphatic rings. The highest BCUT2D eigenvalue weighted by Gasteiger charge is 2.46. The third kappa shape index (κ3) is 2.07. The summed E-state index contributed by atoms with van der Waals surface area (Å²) in [7, 11) is 0. The van der Waals surface area contributed by atoms with E-state index in [9.17, 15) is 0 Å². The molecule has 3 rings (SSSR count). The van der Waals surface area contributed by atoms with Crippen LogP contribution in [-0.2, 0) is 0 Å². The zero-order valence-electron chi connectivity index (χ0n) is 10.1. The standard InChI is InChI=1S/C13H24N2/c1-9-8-15(10(2)7-14-9)13(11-3-4-11)12-5-6-12/h9-14H,3-8H2,1-2H3. The van der Waals surface area contributed by atoms with Gasteiger partial charge in [0.05, 0.1) is 0 Å². The second-order valence-corrected chi connectivity index (χ2v) is 6.02. The Hall–Kier alpha value is -0.0800.